The van der Waals surface area contributed by atoms with Gasteiger partial charge in [-0.05, 0) is 158 Å². The van der Waals surface area contributed by atoms with Gasteiger partial charge in [0.15, 0.2) is 0 Å². The first-order valence-corrected chi connectivity index (χ1v) is 25.7. The molecule has 8 aromatic rings. The molecule has 0 radical (unpaired) electrons. The van der Waals surface area contributed by atoms with E-state index in [1.807, 2.05) is 113 Å². The zero-order valence-electron chi connectivity index (χ0n) is 42.5. The maximum absolute atomic E-state index is 14.1. The minimum absolute atomic E-state index is 0.0197. The Labute approximate surface area is 435 Å². The summed E-state index contributed by atoms with van der Waals surface area (Å²) in [6.07, 6.45) is 7.44. The fourth-order valence-corrected chi connectivity index (χ4v) is 10.8. The first kappa shape index (κ1) is 49.1. The number of nitrogens with one attached hydrogen (secondary N) is 2. The predicted octanol–water partition coefficient (Wildman–Crippen LogP) is 10.00. The van der Waals surface area contributed by atoms with Crippen molar-refractivity contribution in [2.45, 2.75) is 83.4 Å². The van der Waals surface area contributed by atoms with Crippen LogP contribution in [-0.4, -0.2) is 88.4 Å². The molecule has 0 aliphatic carbocycles. The van der Waals surface area contributed by atoms with Crippen molar-refractivity contribution in [3.05, 3.63) is 179 Å². The number of aryl methyl sites for hydroxylation is 3. The minimum atomic E-state index is -0.979. The lowest BCUT2D eigenvalue weighted by atomic mass is 9.75. The molecule has 0 bridgehead atoms. The summed E-state index contributed by atoms with van der Waals surface area (Å²) in [6, 6.07) is 39.7. The number of amides is 2. The van der Waals surface area contributed by atoms with Gasteiger partial charge in [0.1, 0.15) is 41.4 Å². The zero-order valence-corrected chi connectivity index (χ0v) is 42.5. The molecular weight excluding hydrogens is 945 g/mol. The topological polar surface area (TPSA) is 193 Å². The van der Waals surface area contributed by atoms with Crippen LogP contribution in [0.5, 0.6) is 11.5 Å². The third-order valence-electron chi connectivity index (χ3n) is 14.6. The SMILES string of the molecule is Cc1ccc(OCCC2CCOCC2C2CC(c3ccccc3)n3nc(C(=O)Nc4cc(-c5cc(OCC(C)(C)O)ccc5C)ccn4)nc32)cc1-c1ccnc(NC(=O)c2nc3n(n2)C(c2ccccc2)CC3)c1. The lowest BCUT2D eigenvalue weighted by Crippen LogP contribution is -2.33. The Morgan fingerprint density at radius 2 is 1.29 bits per heavy atom. The number of fused-ring (bicyclic) bond motifs is 2. The Balaban J connectivity index is 0.763. The number of anilines is 2. The summed E-state index contributed by atoms with van der Waals surface area (Å²) in [6.45, 7) is 9.32. The van der Waals surface area contributed by atoms with Crippen LogP contribution >= 0.6 is 0 Å². The monoisotopic (exact) mass is 1000 g/mol. The quantitative estimate of drug-likeness (QED) is 0.0831. The van der Waals surface area contributed by atoms with Crippen LogP contribution in [0, 0.1) is 25.7 Å². The van der Waals surface area contributed by atoms with Crippen molar-refractivity contribution < 1.29 is 28.9 Å². The summed E-state index contributed by atoms with van der Waals surface area (Å²) >= 11 is 0. The molecule has 3 N–H and O–H groups in total. The molecule has 4 aromatic carbocycles. The summed E-state index contributed by atoms with van der Waals surface area (Å²) in [5.41, 5.74) is 6.96. The third kappa shape index (κ3) is 10.8. The first-order chi connectivity index (χ1) is 36.4. The van der Waals surface area contributed by atoms with Crippen molar-refractivity contribution in [3.63, 3.8) is 0 Å². The second-order valence-corrected chi connectivity index (χ2v) is 20.5. The molecule has 75 heavy (non-hydrogen) atoms. The van der Waals surface area contributed by atoms with Crippen LogP contribution in [0.2, 0.25) is 0 Å². The van der Waals surface area contributed by atoms with Gasteiger partial charge in [-0.2, -0.15) is 0 Å². The van der Waals surface area contributed by atoms with E-state index in [4.69, 9.17) is 24.3 Å². The maximum atomic E-state index is 14.1. The second kappa shape index (κ2) is 21.0. The maximum Gasteiger partial charge on any atom is 0.296 e. The van der Waals surface area contributed by atoms with Gasteiger partial charge in [0, 0.05) is 31.3 Å². The Hall–Kier alpha value is -8.08. The van der Waals surface area contributed by atoms with Crippen molar-refractivity contribution in [1.82, 2.24) is 39.5 Å². The highest BCUT2D eigenvalue weighted by molar-refractivity contribution is 6.02. The van der Waals surface area contributed by atoms with E-state index in [-0.39, 0.29) is 48.1 Å². The van der Waals surface area contributed by atoms with Gasteiger partial charge >= 0.3 is 0 Å². The van der Waals surface area contributed by atoms with Gasteiger partial charge in [-0.3, -0.25) is 9.59 Å². The average molecular weight is 1010 g/mol. The second-order valence-electron chi connectivity index (χ2n) is 20.5. The summed E-state index contributed by atoms with van der Waals surface area (Å²) in [7, 11) is 0. The number of carbonyl (C=O) groups excluding carboxylic acids is 2. The van der Waals surface area contributed by atoms with Crippen LogP contribution in [0.4, 0.5) is 11.6 Å². The fraction of sp³-hybridized carbons (Fsp3) is 0.322. The average Bonchev–Trinajstić information content (AvgIpc) is 4.23. The van der Waals surface area contributed by atoms with E-state index in [9.17, 15) is 14.7 Å². The molecule has 3 aliphatic heterocycles. The van der Waals surface area contributed by atoms with Crippen molar-refractivity contribution in [3.8, 4) is 33.8 Å². The number of pyridine rings is 2. The van der Waals surface area contributed by atoms with E-state index in [1.54, 1.807) is 26.2 Å². The standard InChI is InChI=1S/C59H60N10O6/c1-36-15-17-43(31-45(36)41-21-25-60-51(29-41)62-57(70)54-64-53-20-19-49(68(53)66-54)39-11-7-5-8-12-39)74-28-24-38-23-27-73-34-48(38)47-33-50(40-13-9-6-10-14-40)69-56(47)65-55(67-69)58(71)63-52-30-42(22-26-61-52)46-32-44(18-16-37(46)2)75-35-59(3,4)72/h5-18,21-22,25-26,29-32,38,47-50,72H,19-20,23-24,27-28,33-35H2,1-4H3,(H,60,62,70)(H,61,63,71). The normalized spacial score (nSPS) is 19.0. The molecule has 0 spiro atoms. The Kier molecular flexibility index (Phi) is 13.8. The van der Waals surface area contributed by atoms with Crippen LogP contribution in [0.15, 0.2) is 134 Å². The van der Waals surface area contributed by atoms with Crippen molar-refractivity contribution in [2.75, 3.05) is 37.1 Å². The molecule has 382 valence electrons. The highest BCUT2D eigenvalue weighted by atomic mass is 16.5. The number of carbonyl (C=O) groups is 2. The number of ether oxygens (including phenoxy) is 3. The largest absolute Gasteiger partial charge is 0.494 e. The van der Waals surface area contributed by atoms with Gasteiger partial charge in [0.2, 0.25) is 11.6 Å². The molecule has 1 saturated heterocycles. The van der Waals surface area contributed by atoms with E-state index >= 15 is 0 Å². The van der Waals surface area contributed by atoms with Crippen LogP contribution in [0.1, 0.15) is 113 Å². The van der Waals surface area contributed by atoms with E-state index < -0.39 is 17.4 Å². The lowest BCUT2D eigenvalue weighted by Gasteiger charge is -2.35. The van der Waals surface area contributed by atoms with Crippen molar-refractivity contribution >= 4 is 23.5 Å². The number of aromatic nitrogens is 8. The molecule has 5 atom stereocenters. The van der Waals surface area contributed by atoms with Crippen LogP contribution in [-0.2, 0) is 11.2 Å². The van der Waals surface area contributed by atoms with Gasteiger partial charge in [0.05, 0.1) is 30.9 Å². The number of rotatable bonds is 16. The Morgan fingerprint density at radius 3 is 1.92 bits per heavy atom. The van der Waals surface area contributed by atoms with Crippen molar-refractivity contribution in [2.24, 2.45) is 11.8 Å². The molecule has 2 amide bonds. The highest BCUT2D eigenvalue weighted by Crippen LogP contribution is 2.47. The summed E-state index contributed by atoms with van der Waals surface area (Å²) < 4.78 is 22.4. The van der Waals surface area contributed by atoms with E-state index in [0.29, 0.717) is 37.2 Å². The van der Waals surface area contributed by atoms with Gasteiger partial charge in [-0.1, -0.05) is 72.8 Å². The number of nitrogens with zero attached hydrogens (tertiary/aromatic N) is 8. The Morgan fingerprint density at radius 1 is 0.707 bits per heavy atom. The number of benzene rings is 4. The highest BCUT2D eigenvalue weighted by Gasteiger charge is 2.44. The molecule has 16 nitrogen and oxygen atoms in total. The minimum Gasteiger partial charge on any atom is -0.494 e. The molecular formula is C59H60N10O6. The van der Waals surface area contributed by atoms with E-state index in [1.165, 1.54) is 0 Å². The van der Waals surface area contributed by atoms with Crippen molar-refractivity contribution in [1.29, 1.82) is 0 Å². The molecule has 1 fully saturated rings. The first-order valence-electron chi connectivity index (χ1n) is 25.7. The molecule has 5 unspecified atom stereocenters. The molecule has 11 rings (SSSR count). The van der Waals surface area contributed by atoms with Gasteiger partial charge < -0.3 is 30.0 Å². The number of hydrogen-bond acceptors (Lipinski definition) is 12. The fourth-order valence-electron chi connectivity index (χ4n) is 10.8. The molecule has 7 heterocycles. The van der Waals surface area contributed by atoms with E-state index in [2.05, 4.69) is 61.9 Å². The van der Waals surface area contributed by atoms with E-state index in [0.717, 1.165) is 94.0 Å². The third-order valence-corrected chi connectivity index (χ3v) is 14.6. The molecule has 3 aliphatic rings. The summed E-state index contributed by atoms with van der Waals surface area (Å²) in [4.78, 5) is 46.0. The smallest absolute Gasteiger partial charge is 0.296 e. The molecule has 16 heteroatoms. The van der Waals surface area contributed by atoms with Crippen LogP contribution in [0.3, 0.4) is 0 Å². The number of hydrogen-bond donors (Lipinski definition) is 3. The zero-order chi connectivity index (χ0) is 51.6. The number of aliphatic hydroxyl groups is 1. The van der Waals surface area contributed by atoms with Gasteiger partial charge in [-0.25, -0.2) is 29.3 Å². The summed E-state index contributed by atoms with van der Waals surface area (Å²) in [5.74, 6) is 3.41. The van der Waals surface area contributed by atoms with Gasteiger partial charge in [-0.15, -0.1) is 10.2 Å². The lowest BCUT2D eigenvalue weighted by molar-refractivity contribution is -0.00212. The van der Waals surface area contributed by atoms with Gasteiger partial charge in [0.25, 0.3) is 11.8 Å². The molecule has 0 saturated carbocycles. The summed E-state index contributed by atoms with van der Waals surface area (Å²) in [5, 5.41) is 25.6. The predicted molar refractivity (Wildman–Crippen MR) is 284 cm³/mol. The van der Waals surface area contributed by atoms with Crippen LogP contribution < -0.4 is 20.1 Å². The van der Waals surface area contributed by atoms with Crippen LogP contribution in [0.25, 0.3) is 22.3 Å². The molecule has 4 aromatic heterocycles. The Bertz CT molecular complexity index is 3350.